The molecule has 3 rings (SSSR count). The van der Waals surface area contributed by atoms with Gasteiger partial charge in [-0.1, -0.05) is 25.4 Å². The zero-order chi connectivity index (χ0) is 24.2. The molecule has 1 heterocycles. The molecule has 1 fully saturated rings. The maximum Gasteiger partial charge on any atom is 0.261 e. The average Bonchev–Trinajstić information content (AvgIpc) is 2.75. The van der Waals surface area contributed by atoms with Gasteiger partial charge in [0.25, 0.3) is 15.9 Å². The first kappa shape index (κ1) is 25.0. The van der Waals surface area contributed by atoms with Crippen LogP contribution in [0.25, 0.3) is 0 Å². The number of carbonyl (C=O) groups is 2. The molecular formula is C23H27ClFN3O4S. The van der Waals surface area contributed by atoms with Crippen LogP contribution in [-0.2, 0) is 14.8 Å². The van der Waals surface area contributed by atoms with E-state index in [1.807, 2.05) is 18.7 Å². The number of likely N-dealkylation sites (tertiary alicyclic amines) is 1. The van der Waals surface area contributed by atoms with Gasteiger partial charge < -0.3 is 10.2 Å². The number of rotatable bonds is 7. The lowest BCUT2D eigenvalue weighted by molar-refractivity contribution is -0.133. The molecule has 0 aliphatic carbocycles. The standard InChI is InChI=1S/C23H27ClFN3O4S/c1-15(2)13-22(29)28-11-9-17(10-12-28)26-23(30)16-3-5-18(6-4-16)27-33(31,32)19-7-8-21(25)20(24)14-19/h3-8,14-15,17,27H,9-13H2,1-2H3,(H,26,30). The van der Waals surface area contributed by atoms with Crippen LogP contribution in [0.3, 0.4) is 0 Å². The van der Waals surface area contributed by atoms with Gasteiger partial charge in [0.2, 0.25) is 5.91 Å². The summed E-state index contributed by atoms with van der Waals surface area (Å²) < 4.78 is 40.6. The van der Waals surface area contributed by atoms with Crippen molar-refractivity contribution < 1.29 is 22.4 Å². The maximum atomic E-state index is 13.3. The third kappa shape index (κ3) is 6.68. The second kappa shape index (κ2) is 10.5. The Morgan fingerprint density at radius 2 is 1.76 bits per heavy atom. The summed E-state index contributed by atoms with van der Waals surface area (Å²) in [6.45, 7) is 5.26. The van der Waals surface area contributed by atoms with Crippen LogP contribution in [0.15, 0.2) is 47.4 Å². The monoisotopic (exact) mass is 495 g/mol. The maximum absolute atomic E-state index is 13.3. The van der Waals surface area contributed by atoms with Crippen molar-refractivity contribution in [3.8, 4) is 0 Å². The number of anilines is 1. The minimum absolute atomic E-state index is 0.0259. The van der Waals surface area contributed by atoms with Crippen molar-refractivity contribution in [1.29, 1.82) is 0 Å². The van der Waals surface area contributed by atoms with Gasteiger partial charge >= 0.3 is 0 Å². The Morgan fingerprint density at radius 3 is 2.33 bits per heavy atom. The van der Waals surface area contributed by atoms with Crippen LogP contribution < -0.4 is 10.0 Å². The van der Waals surface area contributed by atoms with Gasteiger partial charge in [-0.2, -0.15) is 0 Å². The summed E-state index contributed by atoms with van der Waals surface area (Å²) in [5, 5.41) is 2.68. The molecule has 2 aromatic rings. The quantitative estimate of drug-likeness (QED) is 0.605. The van der Waals surface area contributed by atoms with E-state index in [4.69, 9.17) is 11.6 Å². The van der Waals surface area contributed by atoms with Gasteiger partial charge in [-0.05, 0) is 61.2 Å². The van der Waals surface area contributed by atoms with Crippen LogP contribution in [0.1, 0.15) is 43.5 Å². The molecular weight excluding hydrogens is 469 g/mol. The van der Waals surface area contributed by atoms with Crippen LogP contribution in [0.2, 0.25) is 5.02 Å². The first-order valence-corrected chi connectivity index (χ1v) is 12.6. The Bertz CT molecular complexity index is 1120. The highest BCUT2D eigenvalue weighted by Gasteiger charge is 2.24. The second-order valence-corrected chi connectivity index (χ2v) is 10.6. The van der Waals surface area contributed by atoms with E-state index in [0.29, 0.717) is 43.8 Å². The molecule has 10 heteroatoms. The molecule has 0 atom stereocenters. The van der Waals surface area contributed by atoms with E-state index in [-0.39, 0.29) is 33.5 Å². The lowest BCUT2D eigenvalue weighted by Crippen LogP contribution is -2.46. The molecule has 0 aromatic heterocycles. The Kier molecular flexibility index (Phi) is 7.97. The number of hydrogen-bond donors (Lipinski definition) is 2. The van der Waals surface area contributed by atoms with Crippen molar-refractivity contribution in [2.24, 2.45) is 5.92 Å². The summed E-state index contributed by atoms with van der Waals surface area (Å²) in [7, 11) is -3.96. The predicted octanol–water partition coefficient (Wildman–Crippen LogP) is 4.05. The molecule has 2 amide bonds. The molecule has 1 aliphatic rings. The van der Waals surface area contributed by atoms with Gasteiger partial charge in [-0.25, -0.2) is 12.8 Å². The van der Waals surface area contributed by atoms with Gasteiger partial charge in [0.1, 0.15) is 5.82 Å². The first-order valence-electron chi connectivity index (χ1n) is 10.7. The number of amides is 2. The predicted molar refractivity (Wildman–Crippen MR) is 125 cm³/mol. The van der Waals surface area contributed by atoms with Crippen molar-refractivity contribution in [2.75, 3.05) is 17.8 Å². The Balaban J connectivity index is 1.55. The van der Waals surface area contributed by atoms with Crippen molar-refractivity contribution in [2.45, 2.75) is 44.0 Å². The summed E-state index contributed by atoms with van der Waals surface area (Å²) in [4.78, 5) is 26.4. The highest BCUT2D eigenvalue weighted by atomic mass is 35.5. The number of nitrogens with zero attached hydrogens (tertiary/aromatic N) is 1. The lowest BCUT2D eigenvalue weighted by atomic mass is 10.0. The lowest BCUT2D eigenvalue weighted by Gasteiger charge is -2.32. The van der Waals surface area contributed by atoms with E-state index in [1.54, 1.807) is 0 Å². The minimum atomic E-state index is -3.96. The molecule has 33 heavy (non-hydrogen) atoms. The number of carbonyl (C=O) groups excluding carboxylic acids is 2. The molecule has 1 aliphatic heterocycles. The molecule has 0 bridgehead atoms. The largest absolute Gasteiger partial charge is 0.349 e. The van der Waals surface area contributed by atoms with Crippen LogP contribution in [0.4, 0.5) is 10.1 Å². The topological polar surface area (TPSA) is 95.6 Å². The highest BCUT2D eigenvalue weighted by molar-refractivity contribution is 7.92. The van der Waals surface area contributed by atoms with Gasteiger partial charge in [0.05, 0.1) is 9.92 Å². The van der Waals surface area contributed by atoms with Gasteiger partial charge in [-0.15, -0.1) is 0 Å². The normalized spacial score (nSPS) is 14.9. The fraction of sp³-hybridized carbons (Fsp3) is 0.391. The van der Waals surface area contributed by atoms with E-state index in [0.717, 1.165) is 18.2 Å². The summed E-state index contributed by atoms with van der Waals surface area (Å²) in [5.74, 6) is -0.507. The fourth-order valence-electron chi connectivity index (χ4n) is 3.57. The molecule has 0 radical (unpaired) electrons. The van der Waals surface area contributed by atoms with Gasteiger partial charge in [-0.3, -0.25) is 14.3 Å². The molecule has 7 nitrogen and oxygen atoms in total. The SMILES string of the molecule is CC(C)CC(=O)N1CCC(NC(=O)c2ccc(NS(=O)(=O)c3ccc(F)c(Cl)c3)cc2)CC1. The van der Waals surface area contributed by atoms with Crippen molar-refractivity contribution >= 4 is 39.1 Å². The number of halogens is 2. The van der Waals surface area contributed by atoms with Crippen molar-refractivity contribution in [1.82, 2.24) is 10.2 Å². The van der Waals surface area contributed by atoms with Crippen LogP contribution >= 0.6 is 11.6 Å². The summed E-state index contributed by atoms with van der Waals surface area (Å²) in [6, 6.07) is 9.10. The van der Waals surface area contributed by atoms with E-state index in [2.05, 4.69) is 10.0 Å². The summed E-state index contributed by atoms with van der Waals surface area (Å²) >= 11 is 5.67. The third-order valence-electron chi connectivity index (χ3n) is 5.37. The first-order chi connectivity index (χ1) is 15.5. The molecule has 0 saturated carbocycles. The zero-order valence-electron chi connectivity index (χ0n) is 18.5. The Morgan fingerprint density at radius 1 is 1.12 bits per heavy atom. The molecule has 1 saturated heterocycles. The number of nitrogens with one attached hydrogen (secondary N) is 2. The van der Waals surface area contributed by atoms with Gasteiger partial charge in [0.15, 0.2) is 0 Å². The van der Waals surface area contributed by atoms with E-state index < -0.39 is 15.8 Å². The molecule has 178 valence electrons. The van der Waals surface area contributed by atoms with Crippen LogP contribution in [-0.4, -0.2) is 44.3 Å². The zero-order valence-corrected chi connectivity index (χ0v) is 20.0. The van der Waals surface area contributed by atoms with Crippen molar-refractivity contribution in [3.05, 3.63) is 58.9 Å². The highest BCUT2D eigenvalue weighted by Crippen LogP contribution is 2.22. The third-order valence-corrected chi connectivity index (χ3v) is 7.04. The Labute approximate surface area is 198 Å². The summed E-state index contributed by atoms with van der Waals surface area (Å²) in [5.41, 5.74) is 0.644. The Hall–Kier alpha value is -2.65. The average molecular weight is 496 g/mol. The minimum Gasteiger partial charge on any atom is -0.349 e. The van der Waals surface area contributed by atoms with Crippen LogP contribution in [0, 0.1) is 11.7 Å². The number of piperidine rings is 1. The number of sulfonamides is 1. The molecule has 2 aromatic carbocycles. The molecule has 0 unspecified atom stereocenters. The molecule has 2 N–H and O–H groups in total. The number of benzene rings is 2. The smallest absolute Gasteiger partial charge is 0.261 e. The fourth-order valence-corrected chi connectivity index (χ4v) is 4.90. The van der Waals surface area contributed by atoms with Crippen molar-refractivity contribution in [3.63, 3.8) is 0 Å². The number of hydrogen-bond acceptors (Lipinski definition) is 4. The van der Waals surface area contributed by atoms with Crippen LogP contribution in [0.5, 0.6) is 0 Å². The summed E-state index contributed by atoms with van der Waals surface area (Å²) in [6.07, 6.45) is 1.91. The van der Waals surface area contributed by atoms with E-state index >= 15 is 0 Å². The van der Waals surface area contributed by atoms with E-state index in [9.17, 15) is 22.4 Å². The molecule has 0 spiro atoms. The van der Waals surface area contributed by atoms with Gasteiger partial charge in [0, 0.05) is 36.8 Å². The second-order valence-electron chi connectivity index (χ2n) is 8.49. The van der Waals surface area contributed by atoms with E-state index in [1.165, 1.54) is 24.3 Å².